The van der Waals surface area contributed by atoms with Crippen LogP contribution in [0.1, 0.15) is 13.3 Å². The molecule has 0 aliphatic heterocycles. The minimum atomic E-state index is -0.634. The van der Waals surface area contributed by atoms with Crippen molar-refractivity contribution in [1.82, 2.24) is 0 Å². The number of allylic oxidation sites excluding steroid dienone is 1. The van der Waals surface area contributed by atoms with Crippen LogP contribution in [-0.4, -0.2) is 23.8 Å². The number of esters is 1. The summed E-state index contributed by atoms with van der Waals surface area (Å²) < 4.78 is 4.68. The first-order valence-corrected chi connectivity index (χ1v) is 3.71. The van der Waals surface area contributed by atoms with Crippen molar-refractivity contribution in [3.05, 3.63) is 24.8 Å². The lowest BCUT2D eigenvalue weighted by Gasteiger charge is -2.06. The van der Waals surface area contributed by atoms with E-state index in [2.05, 4.69) is 17.9 Å². The van der Waals surface area contributed by atoms with Crippen LogP contribution in [0.5, 0.6) is 0 Å². The first-order chi connectivity index (χ1) is 5.57. The Labute approximate surface area is 72.3 Å². The van der Waals surface area contributed by atoms with Crippen LogP contribution in [0.4, 0.5) is 0 Å². The molecule has 0 aliphatic rings. The predicted molar refractivity (Wildman–Crippen MR) is 46.6 cm³/mol. The number of hydrogen-bond acceptors (Lipinski definition) is 3. The maximum absolute atomic E-state index is 11.0. The van der Waals surface area contributed by atoms with Gasteiger partial charge in [0.15, 0.2) is 0 Å². The molecule has 0 aromatic rings. The van der Waals surface area contributed by atoms with Gasteiger partial charge in [-0.15, -0.1) is 6.58 Å². The van der Waals surface area contributed by atoms with Gasteiger partial charge in [-0.2, -0.15) is 0 Å². The van der Waals surface area contributed by atoms with Crippen LogP contribution in [0.25, 0.3) is 0 Å². The number of hydrogen-bond donors (Lipinski definition) is 1. The van der Waals surface area contributed by atoms with Gasteiger partial charge in [-0.3, -0.25) is 0 Å². The van der Waals surface area contributed by atoms with E-state index < -0.39 is 12.1 Å². The van der Waals surface area contributed by atoms with Crippen molar-refractivity contribution in [3.63, 3.8) is 0 Å². The van der Waals surface area contributed by atoms with E-state index in [1.807, 2.05) is 0 Å². The molecule has 3 heteroatoms. The molecule has 1 N–H and O–H groups in total. The van der Waals surface area contributed by atoms with Crippen LogP contribution in [0.15, 0.2) is 24.8 Å². The summed E-state index contributed by atoms with van der Waals surface area (Å²) in [4.78, 5) is 11.0. The molecule has 0 amide bonds. The van der Waals surface area contributed by atoms with Crippen LogP contribution in [0.3, 0.4) is 0 Å². The summed E-state index contributed by atoms with van der Waals surface area (Å²) >= 11 is 0. The van der Waals surface area contributed by atoms with E-state index >= 15 is 0 Å². The third-order valence-corrected chi connectivity index (χ3v) is 1.14. The van der Waals surface area contributed by atoms with Crippen molar-refractivity contribution in [3.8, 4) is 0 Å². The second-order valence-electron chi connectivity index (χ2n) is 2.54. The van der Waals surface area contributed by atoms with Crippen molar-refractivity contribution >= 4 is 5.97 Å². The zero-order valence-corrected chi connectivity index (χ0v) is 7.25. The highest BCUT2D eigenvalue weighted by molar-refractivity contribution is 5.87. The van der Waals surface area contributed by atoms with Gasteiger partial charge in [0.25, 0.3) is 0 Å². The minimum absolute atomic E-state index is 0.00892. The quantitative estimate of drug-likeness (QED) is 0.381. The molecule has 1 unspecified atom stereocenters. The van der Waals surface area contributed by atoms with E-state index in [1.54, 1.807) is 13.0 Å². The molecular weight excluding hydrogens is 156 g/mol. The Hall–Kier alpha value is -1.09. The SMILES string of the molecule is C=CCC(=C)C(=O)OCC(C)O. The Kier molecular flexibility index (Phi) is 5.04. The Balaban J connectivity index is 3.72. The molecule has 0 heterocycles. The third-order valence-electron chi connectivity index (χ3n) is 1.14. The number of carbonyl (C=O) groups is 1. The summed E-state index contributed by atoms with van der Waals surface area (Å²) in [6.45, 7) is 8.51. The Bertz CT molecular complexity index is 182. The Morgan fingerprint density at radius 2 is 2.33 bits per heavy atom. The van der Waals surface area contributed by atoms with Crippen LogP contribution in [0.2, 0.25) is 0 Å². The van der Waals surface area contributed by atoms with Crippen molar-refractivity contribution in [2.75, 3.05) is 6.61 Å². The zero-order valence-electron chi connectivity index (χ0n) is 7.25. The number of carbonyl (C=O) groups excluding carboxylic acids is 1. The van der Waals surface area contributed by atoms with Gasteiger partial charge in [0, 0.05) is 5.57 Å². The molecule has 0 fully saturated rings. The fourth-order valence-electron chi connectivity index (χ4n) is 0.556. The fourth-order valence-corrected chi connectivity index (χ4v) is 0.556. The molecule has 0 bridgehead atoms. The van der Waals surface area contributed by atoms with Gasteiger partial charge in [-0.1, -0.05) is 12.7 Å². The van der Waals surface area contributed by atoms with E-state index in [-0.39, 0.29) is 6.61 Å². The molecule has 0 rings (SSSR count). The smallest absolute Gasteiger partial charge is 0.333 e. The summed E-state index contributed by atoms with van der Waals surface area (Å²) in [7, 11) is 0. The van der Waals surface area contributed by atoms with Crippen molar-refractivity contribution in [2.45, 2.75) is 19.4 Å². The molecule has 0 radical (unpaired) electrons. The van der Waals surface area contributed by atoms with E-state index in [0.717, 1.165) is 0 Å². The summed E-state index contributed by atoms with van der Waals surface area (Å²) in [5, 5.41) is 8.79. The van der Waals surface area contributed by atoms with Crippen molar-refractivity contribution in [2.24, 2.45) is 0 Å². The van der Waals surface area contributed by atoms with Crippen LogP contribution in [-0.2, 0) is 9.53 Å². The molecule has 0 aliphatic carbocycles. The monoisotopic (exact) mass is 170 g/mol. The van der Waals surface area contributed by atoms with E-state index in [9.17, 15) is 4.79 Å². The Morgan fingerprint density at radius 1 is 1.75 bits per heavy atom. The lowest BCUT2D eigenvalue weighted by Crippen LogP contribution is -2.16. The Morgan fingerprint density at radius 3 is 2.75 bits per heavy atom. The summed E-state index contributed by atoms with van der Waals surface area (Å²) in [6.07, 6.45) is 1.36. The number of rotatable bonds is 5. The van der Waals surface area contributed by atoms with Gasteiger partial charge in [0.05, 0.1) is 6.10 Å². The summed E-state index contributed by atoms with van der Waals surface area (Å²) in [6, 6.07) is 0. The van der Waals surface area contributed by atoms with Gasteiger partial charge in [-0.25, -0.2) is 4.79 Å². The molecule has 0 aromatic heterocycles. The lowest BCUT2D eigenvalue weighted by molar-refractivity contribution is -0.141. The molecule has 12 heavy (non-hydrogen) atoms. The van der Waals surface area contributed by atoms with Crippen molar-refractivity contribution < 1.29 is 14.6 Å². The second-order valence-corrected chi connectivity index (χ2v) is 2.54. The highest BCUT2D eigenvalue weighted by atomic mass is 16.5. The maximum Gasteiger partial charge on any atom is 0.333 e. The molecule has 3 nitrogen and oxygen atoms in total. The molecule has 0 spiro atoms. The van der Waals surface area contributed by atoms with Gasteiger partial charge >= 0.3 is 5.97 Å². The fraction of sp³-hybridized carbons (Fsp3) is 0.444. The average molecular weight is 170 g/mol. The minimum Gasteiger partial charge on any atom is -0.460 e. The molecule has 68 valence electrons. The van der Waals surface area contributed by atoms with E-state index in [4.69, 9.17) is 5.11 Å². The van der Waals surface area contributed by atoms with E-state index in [1.165, 1.54) is 0 Å². The topological polar surface area (TPSA) is 46.5 Å². The van der Waals surface area contributed by atoms with Gasteiger partial charge < -0.3 is 9.84 Å². The molecule has 0 aromatic carbocycles. The standard InChI is InChI=1S/C9H14O3/c1-4-5-7(2)9(11)12-6-8(3)10/h4,8,10H,1-2,5-6H2,3H3. The van der Waals surface area contributed by atoms with E-state index in [0.29, 0.717) is 12.0 Å². The third kappa shape index (κ3) is 4.68. The highest BCUT2D eigenvalue weighted by Gasteiger charge is 2.07. The number of ether oxygens (including phenoxy) is 1. The molecule has 0 saturated heterocycles. The van der Waals surface area contributed by atoms with Crippen LogP contribution < -0.4 is 0 Å². The summed E-state index contributed by atoms with van der Waals surface area (Å²) in [5.74, 6) is -0.476. The number of aliphatic hydroxyl groups excluding tert-OH is 1. The zero-order chi connectivity index (χ0) is 9.56. The predicted octanol–water partition coefficient (Wildman–Crippen LogP) is 1.04. The normalized spacial score (nSPS) is 11.8. The largest absolute Gasteiger partial charge is 0.460 e. The van der Waals surface area contributed by atoms with Gasteiger partial charge in [0.2, 0.25) is 0 Å². The summed E-state index contributed by atoms with van der Waals surface area (Å²) in [5.41, 5.74) is 0.352. The number of aliphatic hydroxyl groups is 1. The molecule has 0 saturated carbocycles. The molecular formula is C9H14O3. The molecule has 1 atom stereocenters. The van der Waals surface area contributed by atoms with Crippen LogP contribution in [0, 0.1) is 0 Å². The van der Waals surface area contributed by atoms with Gasteiger partial charge in [-0.05, 0) is 13.3 Å². The van der Waals surface area contributed by atoms with Crippen LogP contribution >= 0.6 is 0 Å². The lowest BCUT2D eigenvalue weighted by atomic mass is 10.2. The second kappa shape index (κ2) is 5.55. The first-order valence-electron chi connectivity index (χ1n) is 3.71. The maximum atomic E-state index is 11.0. The van der Waals surface area contributed by atoms with Crippen molar-refractivity contribution in [1.29, 1.82) is 0 Å². The highest BCUT2D eigenvalue weighted by Crippen LogP contribution is 2.01. The van der Waals surface area contributed by atoms with Gasteiger partial charge in [0.1, 0.15) is 6.61 Å². The first kappa shape index (κ1) is 10.9. The average Bonchev–Trinajstić information content (AvgIpc) is 2.00.